The number of piperidine rings is 1. The van der Waals surface area contributed by atoms with Gasteiger partial charge in [-0.15, -0.1) is 0 Å². The Morgan fingerprint density at radius 3 is 2.55 bits per heavy atom. The van der Waals surface area contributed by atoms with Crippen molar-refractivity contribution in [2.45, 2.75) is 72.1 Å². The molecule has 1 fully saturated rings. The van der Waals surface area contributed by atoms with Crippen molar-refractivity contribution in [3.63, 3.8) is 0 Å². The lowest BCUT2D eigenvalue weighted by molar-refractivity contribution is -0.117. The fourth-order valence-corrected chi connectivity index (χ4v) is 3.55. The maximum Gasteiger partial charge on any atom is 0.410 e. The van der Waals surface area contributed by atoms with Crippen LogP contribution in [0, 0.1) is 18.3 Å². The summed E-state index contributed by atoms with van der Waals surface area (Å²) in [5.41, 5.74) is 1.40. The van der Waals surface area contributed by atoms with E-state index >= 15 is 0 Å². The smallest absolute Gasteiger partial charge is 0.410 e. The summed E-state index contributed by atoms with van der Waals surface area (Å²) < 4.78 is 11.1. The second-order valence-corrected chi connectivity index (χ2v) is 9.25. The van der Waals surface area contributed by atoms with E-state index in [0.29, 0.717) is 38.3 Å². The van der Waals surface area contributed by atoms with Crippen LogP contribution in [0.2, 0.25) is 0 Å². The lowest BCUT2D eigenvalue weighted by Crippen LogP contribution is -2.45. The minimum Gasteiger partial charge on any atom is -0.494 e. The van der Waals surface area contributed by atoms with Crippen molar-refractivity contribution in [1.82, 2.24) is 15.5 Å². The fraction of sp³-hybridized carbons (Fsp3) is 0.560. The van der Waals surface area contributed by atoms with Gasteiger partial charge in [-0.25, -0.2) is 4.79 Å². The van der Waals surface area contributed by atoms with E-state index in [1.165, 1.54) is 6.20 Å². The monoisotopic (exact) mass is 456 g/mol. The summed E-state index contributed by atoms with van der Waals surface area (Å²) in [4.78, 5) is 26.6. The first-order valence-corrected chi connectivity index (χ1v) is 11.4. The number of hydrogen-bond donors (Lipinski definition) is 2. The van der Waals surface area contributed by atoms with E-state index in [2.05, 4.69) is 10.6 Å². The van der Waals surface area contributed by atoms with Gasteiger partial charge >= 0.3 is 6.09 Å². The molecule has 0 bridgehead atoms. The van der Waals surface area contributed by atoms with E-state index < -0.39 is 11.5 Å². The second-order valence-electron chi connectivity index (χ2n) is 9.25. The van der Waals surface area contributed by atoms with Crippen LogP contribution in [0.25, 0.3) is 0 Å². The van der Waals surface area contributed by atoms with Crippen molar-refractivity contribution in [2.24, 2.45) is 0 Å². The van der Waals surface area contributed by atoms with Crippen LogP contribution in [0.5, 0.6) is 5.75 Å². The molecule has 180 valence electrons. The first-order valence-electron chi connectivity index (χ1n) is 11.4. The van der Waals surface area contributed by atoms with Crippen LogP contribution in [0.4, 0.5) is 4.79 Å². The number of ether oxygens (including phenoxy) is 2. The Morgan fingerprint density at radius 2 is 1.97 bits per heavy atom. The second kappa shape index (κ2) is 11.6. The van der Waals surface area contributed by atoms with Crippen molar-refractivity contribution < 1.29 is 19.1 Å². The number of amides is 2. The van der Waals surface area contributed by atoms with E-state index in [-0.39, 0.29) is 23.8 Å². The average Bonchev–Trinajstić information content (AvgIpc) is 2.74. The number of benzene rings is 1. The van der Waals surface area contributed by atoms with Gasteiger partial charge in [0.25, 0.3) is 5.91 Å². The molecule has 1 unspecified atom stereocenters. The van der Waals surface area contributed by atoms with E-state index in [9.17, 15) is 14.9 Å². The largest absolute Gasteiger partial charge is 0.494 e. The number of carbonyl (C=O) groups excluding carboxylic acids is 2. The van der Waals surface area contributed by atoms with Crippen LogP contribution in [0.3, 0.4) is 0 Å². The summed E-state index contributed by atoms with van der Waals surface area (Å²) in [5.74, 6) is 0.265. The molecule has 0 aromatic heterocycles. The molecule has 0 radical (unpaired) electrons. The van der Waals surface area contributed by atoms with Gasteiger partial charge in [0.1, 0.15) is 23.0 Å². The number of hydrogen-bond acceptors (Lipinski definition) is 6. The van der Waals surface area contributed by atoms with Gasteiger partial charge in [0.2, 0.25) is 0 Å². The lowest BCUT2D eigenvalue weighted by Gasteiger charge is -2.33. The van der Waals surface area contributed by atoms with Gasteiger partial charge in [-0.05, 0) is 60.5 Å². The fourth-order valence-electron chi connectivity index (χ4n) is 3.55. The van der Waals surface area contributed by atoms with Crippen LogP contribution >= 0.6 is 0 Å². The standard InChI is InChI=1S/C25H36N4O4/c1-7-32-22-9-8-17(2)14-21(22)18(3)28-23(30)19(15-26)16-27-20-10-12-29(13-11-20)24(31)33-25(4,5)6/h8-9,14,16,18,20,27H,7,10-13H2,1-6H3,(H,28,30)/b19-16-. The number of carbonyl (C=O) groups is 2. The van der Waals surface area contributed by atoms with E-state index in [1.54, 1.807) is 4.90 Å². The van der Waals surface area contributed by atoms with E-state index in [0.717, 1.165) is 11.1 Å². The topological polar surface area (TPSA) is 104 Å². The summed E-state index contributed by atoms with van der Waals surface area (Å²) >= 11 is 0. The first-order chi connectivity index (χ1) is 15.5. The number of likely N-dealkylation sites (tertiary alicyclic amines) is 1. The van der Waals surface area contributed by atoms with Gasteiger partial charge in [-0.2, -0.15) is 5.26 Å². The van der Waals surface area contributed by atoms with Gasteiger partial charge in [0, 0.05) is 30.9 Å². The zero-order valence-electron chi connectivity index (χ0n) is 20.5. The summed E-state index contributed by atoms with van der Waals surface area (Å²) in [6.45, 7) is 12.9. The Bertz CT molecular complexity index is 906. The molecule has 1 atom stereocenters. The van der Waals surface area contributed by atoms with Crippen molar-refractivity contribution >= 4 is 12.0 Å². The Balaban J connectivity index is 1.93. The molecule has 8 heteroatoms. The zero-order chi connectivity index (χ0) is 24.6. The molecule has 1 aromatic rings. The van der Waals surface area contributed by atoms with E-state index in [4.69, 9.17) is 9.47 Å². The number of nitrogens with one attached hydrogen (secondary N) is 2. The molecule has 1 aromatic carbocycles. The third kappa shape index (κ3) is 8.01. The Kier molecular flexibility index (Phi) is 9.15. The van der Waals surface area contributed by atoms with Gasteiger partial charge in [0.15, 0.2) is 0 Å². The number of aryl methyl sites for hydroxylation is 1. The highest BCUT2D eigenvalue weighted by Crippen LogP contribution is 2.26. The highest BCUT2D eigenvalue weighted by atomic mass is 16.6. The number of nitriles is 1. The predicted molar refractivity (Wildman–Crippen MR) is 127 cm³/mol. The summed E-state index contributed by atoms with van der Waals surface area (Å²) in [5, 5.41) is 15.6. The third-order valence-corrected chi connectivity index (χ3v) is 5.25. The molecule has 1 heterocycles. The molecule has 1 aliphatic heterocycles. The molecular formula is C25H36N4O4. The zero-order valence-corrected chi connectivity index (χ0v) is 20.5. The molecule has 1 aliphatic rings. The average molecular weight is 457 g/mol. The molecule has 0 saturated carbocycles. The van der Waals surface area contributed by atoms with Gasteiger partial charge in [0.05, 0.1) is 12.6 Å². The lowest BCUT2D eigenvalue weighted by atomic mass is 10.0. The van der Waals surface area contributed by atoms with Gasteiger partial charge < -0.3 is 25.0 Å². The van der Waals surface area contributed by atoms with E-state index in [1.807, 2.05) is 65.8 Å². The van der Waals surface area contributed by atoms with Crippen LogP contribution < -0.4 is 15.4 Å². The minimum atomic E-state index is -0.525. The van der Waals surface area contributed by atoms with Gasteiger partial charge in [-0.1, -0.05) is 17.7 Å². The first kappa shape index (κ1) is 26.0. The minimum absolute atomic E-state index is 0.00188. The molecular weight excluding hydrogens is 420 g/mol. The molecule has 33 heavy (non-hydrogen) atoms. The third-order valence-electron chi connectivity index (χ3n) is 5.25. The summed E-state index contributed by atoms with van der Waals surface area (Å²) in [6, 6.07) is 7.54. The Morgan fingerprint density at radius 1 is 1.30 bits per heavy atom. The summed E-state index contributed by atoms with van der Waals surface area (Å²) in [6.07, 6.45) is 2.56. The van der Waals surface area contributed by atoms with Crippen LogP contribution in [-0.4, -0.2) is 48.2 Å². The Hall–Kier alpha value is -3.21. The van der Waals surface area contributed by atoms with Crippen molar-refractivity contribution in [2.75, 3.05) is 19.7 Å². The number of rotatable bonds is 7. The van der Waals surface area contributed by atoms with Crippen LogP contribution in [-0.2, 0) is 9.53 Å². The molecule has 0 aliphatic carbocycles. The Labute approximate surface area is 196 Å². The molecule has 2 N–H and O–H groups in total. The SMILES string of the molecule is CCOc1ccc(C)cc1C(C)NC(=O)/C(C#N)=C\NC1CCN(C(=O)OC(C)(C)C)CC1. The molecule has 2 rings (SSSR count). The van der Waals surface area contributed by atoms with Crippen molar-refractivity contribution in [1.29, 1.82) is 5.26 Å². The molecule has 1 saturated heterocycles. The van der Waals surface area contributed by atoms with Crippen LogP contribution in [0.15, 0.2) is 30.0 Å². The van der Waals surface area contributed by atoms with Crippen LogP contribution in [0.1, 0.15) is 64.6 Å². The maximum atomic E-state index is 12.7. The normalized spacial score (nSPS) is 15.9. The number of nitrogens with zero attached hydrogens (tertiary/aromatic N) is 2. The summed E-state index contributed by atoms with van der Waals surface area (Å²) in [7, 11) is 0. The van der Waals surface area contributed by atoms with Crippen molar-refractivity contribution in [3.05, 3.63) is 41.1 Å². The predicted octanol–water partition coefficient (Wildman–Crippen LogP) is 3.97. The molecule has 2 amide bonds. The molecule has 0 spiro atoms. The van der Waals surface area contributed by atoms with Gasteiger partial charge in [-0.3, -0.25) is 4.79 Å². The quantitative estimate of drug-likeness (QED) is 0.475. The van der Waals surface area contributed by atoms with Crippen molar-refractivity contribution in [3.8, 4) is 11.8 Å². The maximum absolute atomic E-state index is 12.7. The highest BCUT2D eigenvalue weighted by molar-refractivity contribution is 5.97. The highest BCUT2D eigenvalue weighted by Gasteiger charge is 2.26. The molecule has 8 nitrogen and oxygen atoms in total.